The fraction of sp³-hybridized carbons (Fsp3) is 0.471. The molecule has 0 aliphatic carbocycles. The van der Waals surface area contributed by atoms with Crippen LogP contribution in [-0.2, 0) is 26.0 Å². The van der Waals surface area contributed by atoms with Crippen LogP contribution in [0.2, 0.25) is 0 Å². The van der Waals surface area contributed by atoms with E-state index in [1.54, 1.807) is 18.2 Å². The normalized spacial score (nSPS) is 25.1. The number of amides is 4. The van der Waals surface area contributed by atoms with E-state index in [2.05, 4.69) is 10.6 Å². The molecule has 3 aliphatic heterocycles. The molecule has 0 bridgehead atoms. The Morgan fingerprint density at radius 2 is 2.04 bits per heavy atom. The molecule has 10 nitrogen and oxygen atoms in total. The molecule has 11 heteroatoms. The number of fused-ring (bicyclic) bond motifs is 1. The van der Waals surface area contributed by atoms with Gasteiger partial charge in [0.1, 0.15) is 6.04 Å². The van der Waals surface area contributed by atoms with Gasteiger partial charge in [0, 0.05) is 6.04 Å². The largest absolute Gasteiger partial charge is 0.454 e. The molecule has 1 aromatic carbocycles. The molecule has 4 rings (SSSR count). The van der Waals surface area contributed by atoms with E-state index in [4.69, 9.17) is 9.47 Å². The molecule has 2 N–H and O–H groups in total. The predicted octanol–water partition coefficient (Wildman–Crippen LogP) is -0.471. The van der Waals surface area contributed by atoms with Crippen molar-refractivity contribution in [3.05, 3.63) is 23.8 Å². The first kappa shape index (κ1) is 18.5. The van der Waals surface area contributed by atoms with E-state index in [1.165, 1.54) is 0 Å². The molecule has 3 heterocycles. The number of rotatable bonds is 5. The molecule has 0 saturated carbocycles. The van der Waals surface area contributed by atoms with Crippen molar-refractivity contribution in [1.29, 1.82) is 0 Å². The lowest BCUT2D eigenvalue weighted by Crippen LogP contribution is -2.41. The molecule has 4 amide bonds. The fourth-order valence-corrected chi connectivity index (χ4v) is 5.14. The Morgan fingerprint density at radius 1 is 1.25 bits per heavy atom. The number of imide groups is 1. The van der Waals surface area contributed by atoms with Crippen molar-refractivity contribution in [2.45, 2.75) is 31.5 Å². The van der Waals surface area contributed by atoms with Crippen LogP contribution in [0.5, 0.6) is 11.5 Å². The summed E-state index contributed by atoms with van der Waals surface area (Å²) >= 11 is 0. The number of ether oxygens (including phenoxy) is 2. The van der Waals surface area contributed by atoms with Gasteiger partial charge in [0.05, 0.1) is 24.5 Å². The Bertz CT molecular complexity index is 946. The molecule has 150 valence electrons. The first-order chi connectivity index (χ1) is 13.3. The maximum atomic E-state index is 12.5. The number of sulfone groups is 1. The molecule has 0 radical (unpaired) electrons. The van der Waals surface area contributed by atoms with Gasteiger partial charge < -0.3 is 20.1 Å². The monoisotopic (exact) mass is 409 g/mol. The second-order valence-corrected chi connectivity index (χ2v) is 9.21. The average molecular weight is 409 g/mol. The minimum atomic E-state index is -3.11. The topological polar surface area (TPSA) is 131 Å². The van der Waals surface area contributed by atoms with Crippen LogP contribution >= 0.6 is 0 Å². The van der Waals surface area contributed by atoms with Gasteiger partial charge in [0.2, 0.25) is 12.7 Å². The number of carbonyl (C=O) groups excluding carboxylic acids is 3. The third kappa shape index (κ3) is 3.75. The molecule has 3 aliphatic rings. The summed E-state index contributed by atoms with van der Waals surface area (Å²) < 4.78 is 33.4. The zero-order chi connectivity index (χ0) is 19.9. The molecule has 2 saturated heterocycles. The van der Waals surface area contributed by atoms with E-state index < -0.39 is 39.8 Å². The van der Waals surface area contributed by atoms with Crippen molar-refractivity contribution in [1.82, 2.24) is 15.5 Å². The van der Waals surface area contributed by atoms with Gasteiger partial charge in [-0.2, -0.15) is 0 Å². The van der Waals surface area contributed by atoms with Crippen molar-refractivity contribution in [2.75, 3.05) is 18.3 Å². The first-order valence-corrected chi connectivity index (χ1v) is 10.6. The third-order valence-corrected chi connectivity index (χ3v) is 6.64. The summed E-state index contributed by atoms with van der Waals surface area (Å²) in [5.41, 5.74) is 0.689. The van der Waals surface area contributed by atoms with Gasteiger partial charge in [-0.1, -0.05) is 6.07 Å². The van der Waals surface area contributed by atoms with Crippen LogP contribution in [0.3, 0.4) is 0 Å². The Kier molecular flexibility index (Phi) is 4.61. The Labute approximate surface area is 161 Å². The average Bonchev–Trinajstić information content (AvgIpc) is 3.29. The summed E-state index contributed by atoms with van der Waals surface area (Å²) in [6, 6.07) is 3.13. The Hall–Kier alpha value is -2.82. The van der Waals surface area contributed by atoms with Gasteiger partial charge in [-0.25, -0.2) is 13.2 Å². The van der Waals surface area contributed by atoms with Gasteiger partial charge in [0.15, 0.2) is 21.3 Å². The summed E-state index contributed by atoms with van der Waals surface area (Å²) in [5, 5.41) is 5.12. The smallest absolute Gasteiger partial charge is 0.325 e. The van der Waals surface area contributed by atoms with Crippen molar-refractivity contribution in [3.8, 4) is 11.5 Å². The van der Waals surface area contributed by atoms with E-state index in [0.717, 1.165) is 4.90 Å². The molecular formula is C17H19N3O7S. The number of nitrogens with one attached hydrogen (secondary N) is 2. The Morgan fingerprint density at radius 3 is 2.79 bits per heavy atom. The highest BCUT2D eigenvalue weighted by Gasteiger charge is 2.39. The summed E-state index contributed by atoms with van der Waals surface area (Å²) in [5.74, 6) is 0.124. The van der Waals surface area contributed by atoms with Crippen LogP contribution in [0.1, 0.15) is 18.4 Å². The van der Waals surface area contributed by atoms with E-state index in [0.29, 0.717) is 23.5 Å². The summed E-state index contributed by atoms with van der Waals surface area (Å²) in [6.45, 7) is 0.168. The number of urea groups is 1. The van der Waals surface area contributed by atoms with Crippen LogP contribution in [-0.4, -0.2) is 61.5 Å². The number of hydrogen-bond donors (Lipinski definition) is 2. The molecule has 0 spiro atoms. The summed E-state index contributed by atoms with van der Waals surface area (Å²) in [6.07, 6.45) is 0.119. The van der Waals surface area contributed by atoms with E-state index in [-0.39, 0.29) is 31.3 Å². The van der Waals surface area contributed by atoms with Gasteiger partial charge in [-0.3, -0.25) is 14.5 Å². The highest BCUT2D eigenvalue weighted by Crippen LogP contribution is 2.33. The van der Waals surface area contributed by atoms with Crippen molar-refractivity contribution >= 4 is 27.7 Å². The first-order valence-electron chi connectivity index (χ1n) is 8.81. The lowest BCUT2D eigenvalue weighted by molar-refractivity contribution is -0.131. The standard InChI is InChI=1S/C17H19N3O7S/c21-15(18-11-3-4-28(24,25)8-11)6-12-16(22)20(17(23)19-12)7-10-1-2-13-14(5-10)27-9-26-13/h1-2,5,11-12H,3-4,6-9H2,(H,18,21)(H,19,23)/t11-,12-/m0/s1. The highest BCUT2D eigenvalue weighted by molar-refractivity contribution is 7.91. The maximum Gasteiger partial charge on any atom is 0.325 e. The zero-order valence-corrected chi connectivity index (χ0v) is 15.7. The van der Waals surface area contributed by atoms with E-state index >= 15 is 0 Å². The number of hydrogen-bond acceptors (Lipinski definition) is 7. The fourth-order valence-electron chi connectivity index (χ4n) is 3.47. The van der Waals surface area contributed by atoms with Crippen LogP contribution < -0.4 is 20.1 Å². The lowest BCUT2D eigenvalue weighted by Gasteiger charge is -2.14. The van der Waals surface area contributed by atoms with Gasteiger partial charge in [-0.15, -0.1) is 0 Å². The van der Waals surface area contributed by atoms with E-state index in [1.807, 2.05) is 0 Å². The van der Waals surface area contributed by atoms with Gasteiger partial charge in [-0.05, 0) is 24.1 Å². The highest BCUT2D eigenvalue weighted by atomic mass is 32.2. The molecule has 2 fully saturated rings. The zero-order valence-electron chi connectivity index (χ0n) is 14.8. The molecule has 0 aromatic heterocycles. The summed E-state index contributed by atoms with van der Waals surface area (Å²) in [7, 11) is -3.11. The van der Waals surface area contributed by atoms with Crippen molar-refractivity contribution in [3.63, 3.8) is 0 Å². The lowest BCUT2D eigenvalue weighted by atomic mass is 10.1. The predicted molar refractivity (Wildman–Crippen MR) is 95.3 cm³/mol. The van der Waals surface area contributed by atoms with Crippen molar-refractivity contribution in [2.24, 2.45) is 0 Å². The number of carbonyl (C=O) groups is 3. The summed E-state index contributed by atoms with van der Waals surface area (Å²) in [4.78, 5) is 37.9. The van der Waals surface area contributed by atoms with Crippen molar-refractivity contribution < 1.29 is 32.3 Å². The third-order valence-electron chi connectivity index (χ3n) is 4.87. The van der Waals surface area contributed by atoms with Crippen LogP contribution in [0.15, 0.2) is 18.2 Å². The van der Waals surface area contributed by atoms with Gasteiger partial charge in [0.25, 0.3) is 5.91 Å². The van der Waals surface area contributed by atoms with Crippen LogP contribution in [0, 0.1) is 0 Å². The maximum absolute atomic E-state index is 12.5. The second kappa shape index (κ2) is 6.97. The molecular weight excluding hydrogens is 390 g/mol. The van der Waals surface area contributed by atoms with Crippen LogP contribution in [0.4, 0.5) is 4.79 Å². The molecule has 1 aromatic rings. The second-order valence-electron chi connectivity index (χ2n) is 6.99. The van der Waals surface area contributed by atoms with Gasteiger partial charge >= 0.3 is 6.03 Å². The minimum absolute atomic E-state index is 0.0420. The molecule has 0 unspecified atom stereocenters. The molecule has 28 heavy (non-hydrogen) atoms. The minimum Gasteiger partial charge on any atom is -0.454 e. The number of nitrogens with zero attached hydrogens (tertiary/aromatic N) is 1. The SMILES string of the molecule is O=C(C[C@@H]1NC(=O)N(Cc2ccc3c(c2)OCO3)C1=O)N[C@H]1CCS(=O)(=O)C1. The van der Waals surface area contributed by atoms with Crippen LogP contribution in [0.25, 0.3) is 0 Å². The molecule has 2 atom stereocenters. The Balaban J connectivity index is 1.35. The number of benzene rings is 1. The van der Waals surface area contributed by atoms with E-state index in [9.17, 15) is 22.8 Å². The quantitative estimate of drug-likeness (QED) is 0.629.